The van der Waals surface area contributed by atoms with Crippen molar-refractivity contribution in [1.29, 1.82) is 0 Å². The summed E-state index contributed by atoms with van der Waals surface area (Å²) < 4.78 is 38.3. The topological polar surface area (TPSA) is 197 Å². The van der Waals surface area contributed by atoms with Gasteiger partial charge in [-0.3, -0.25) is 4.79 Å². The van der Waals surface area contributed by atoms with E-state index in [2.05, 4.69) is 0 Å². The maximum atomic E-state index is 14.1. The number of aliphatic hydroxyl groups excluding tert-OH is 4. The molecule has 1 unspecified atom stereocenters. The minimum Gasteiger partial charge on any atom is -0.489 e. The van der Waals surface area contributed by atoms with Crippen LogP contribution in [0.2, 0.25) is 0 Å². The summed E-state index contributed by atoms with van der Waals surface area (Å²) in [5.74, 6) is -3.02. The monoisotopic (exact) mass is 731 g/mol. The van der Waals surface area contributed by atoms with Crippen LogP contribution in [0.15, 0.2) is 11.3 Å². The number of likely N-dealkylation sites (N-methyl/N-ethyl adjacent to an activating group) is 1. The molecule has 0 aliphatic carbocycles. The number of rotatable bonds is 7. The number of hydrogen-bond donors (Lipinski definition) is 6. The predicted molar refractivity (Wildman–Crippen MR) is 185 cm³/mol. The Kier molecular flexibility index (Phi) is 13.1. The minimum absolute atomic E-state index is 0.116. The van der Waals surface area contributed by atoms with E-state index in [1.807, 2.05) is 46.6 Å². The molecule has 14 heteroatoms. The van der Waals surface area contributed by atoms with Crippen molar-refractivity contribution in [3.63, 3.8) is 0 Å². The lowest BCUT2D eigenvalue weighted by molar-refractivity contribution is -0.315. The van der Waals surface area contributed by atoms with Crippen LogP contribution in [0.1, 0.15) is 95.4 Å². The summed E-state index contributed by atoms with van der Waals surface area (Å²) in [5.41, 5.74) is -4.04. The molecule has 18 atom stereocenters. The highest BCUT2D eigenvalue weighted by atomic mass is 16.7. The van der Waals surface area contributed by atoms with Crippen molar-refractivity contribution in [1.82, 2.24) is 4.90 Å². The molecule has 0 radical (unpaired) electrons. The maximum Gasteiger partial charge on any atom is 0.311 e. The molecule has 4 rings (SSSR count). The standard InChI is InChI=1S/C37H65NO13/c1-13-38(12)24-14-18(3)46-34(26(24)40)50-31-20(5)28(48-25-16-35(9,44)30(42)23(8)47-25)21(6)33(43)49-32(22(7)39)37(11,45)29(41)19(4)27-17(2)15-36(31,10)51-27/h18-26,28-32,34,39-42,44-45H,13-16H2,1-12H3/t18-,19+,20+,21-,22?,23+,24+,25+,26-,28+,29-,30+,31-,32-,34+,35-,36-,37+/m1/s1. The van der Waals surface area contributed by atoms with Crippen LogP contribution >= 0.6 is 0 Å². The fourth-order valence-electron chi connectivity index (χ4n) is 8.75. The molecule has 4 aliphatic heterocycles. The quantitative estimate of drug-likeness (QED) is 0.207. The van der Waals surface area contributed by atoms with Gasteiger partial charge in [0.1, 0.15) is 35.3 Å². The SMILES string of the molecule is CCN(C)[C@H]1C[C@@H](C)O[C@@H](O[C@@H]2[C@@H](C)[C@H](O[C@H]3C[C@@](C)(O)[C@@H](O)[C@H](C)O3)[C@@H](C)C(=O)O[C@H](C(C)O)[C@@](C)(O)[C@H](O)[C@@H](C)C3=C(C)C[C@@]2(C)O3)[C@@H]1O. The zero-order valence-corrected chi connectivity index (χ0v) is 32.5. The third-order valence-corrected chi connectivity index (χ3v) is 11.9. The smallest absolute Gasteiger partial charge is 0.311 e. The van der Waals surface area contributed by atoms with Crippen molar-refractivity contribution in [2.24, 2.45) is 17.8 Å². The van der Waals surface area contributed by atoms with Gasteiger partial charge in [0.15, 0.2) is 18.7 Å². The molecule has 14 nitrogen and oxygen atoms in total. The molecule has 0 aromatic carbocycles. The van der Waals surface area contributed by atoms with E-state index in [0.29, 0.717) is 25.1 Å². The summed E-state index contributed by atoms with van der Waals surface area (Å²) >= 11 is 0. The number of fused-ring (bicyclic) bond motifs is 2. The second kappa shape index (κ2) is 15.7. The van der Waals surface area contributed by atoms with Crippen molar-refractivity contribution in [3.05, 3.63) is 11.3 Å². The van der Waals surface area contributed by atoms with E-state index < -0.39 is 102 Å². The van der Waals surface area contributed by atoms with Crippen molar-refractivity contribution < 1.29 is 63.9 Å². The van der Waals surface area contributed by atoms with E-state index in [0.717, 1.165) is 5.57 Å². The zero-order chi connectivity index (χ0) is 38.5. The summed E-state index contributed by atoms with van der Waals surface area (Å²) in [6.07, 6.45) is -11.1. The molecule has 2 bridgehead atoms. The number of hydrogen-bond acceptors (Lipinski definition) is 14. The third-order valence-electron chi connectivity index (χ3n) is 11.9. The number of carbonyl (C=O) groups excluding carboxylic acids is 1. The predicted octanol–water partition coefficient (Wildman–Crippen LogP) is 1.60. The summed E-state index contributed by atoms with van der Waals surface area (Å²) in [6.45, 7) is 19.2. The van der Waals surface area contributed by atoms with Gasteiger partial charge in [0, 0.05) is 30.7 Å². The molecular formula is C37H65NO13. The Bertz CT molecular complexity index is 1240. The molecule has 0 spiro atoms. The average Bonchev–Trinajstić information content (AvgIpc) is 3.36. The van der Waals surface area contributed by atoms with Gasteiger partial charge in [0.2, 0.25) is 0 Å². The van der Waals surface area contributed by atoms with Gasteiger partial charge in [0.25, 0.3) is 0 Å². The summed E-state index contributed by atoms with van der Waals surface area (Å²) in [5, 5.41) is 67.5. The Labute approximate surface area is 303 Å². The Morgan fingerprint density at radius 1 is 0.980 bits per heavy atom. The largest absolute Gasteiger partial charge is 0.489 e. The Hall–Kier alpha value is -1.43. The van der Waals surface area contributed by atoms with Gasteiger partial charge in [-0.1, -0.05) is 20.8 Å². The van der Waals surface area contributed by atoms with E-state index in [9.17, 15) is 35.4 Å². The summed E-state index contributed by atoms with van der Waals surface area (Å²) in [7, 11) is 1.93. The van der Waals surface area contributed by atoms with Gasteiger partial charge in [-0.15, -0.1) is 0 Å². The van der Waals surface area contributed by atoms with Crippen LogP contribution in [-0.2, 0) is 33.2 Å². The molecule has 4 aliphatic rings. The fraction of sp³-hybridized carbons (Fsp3) is 0.919. The van der Waals surface area contributed by atoms with Gasteiger partial charge in [0.05, 0.1) is 42.0 Å². The highest BCUT2D eigenvalue weighted by Crippen LogP contribution is 2.47. The highest BCUT2D eigenvalue weighted by molar-refractivity contribution is 5.73. The van der Waals surface area contributed by atoms with Crippen molar-refractivity contribution >= 4 is 5.97 Å². The lowest BCUT2D eigenvalue weighted by atomic mass is 9.78. The first-order valence-electron chi connectivity index (χ1n) is 18.5. The maximum absolute atomic E-state index is 14.1. The molecule has 0 amide bonds. The number of aliphatic hydroxyl groups is 6. The Balaban J connectivity index is 1.85. The van der Waals surface area contributed by atoms with Crippen LogP contribution < -0.4 is 0 Å². The normalized spacial score (nSPS) is 49.4. The Morgan fingerprint density at radius 2 is 1.61 bits per heavy atom. The average molecular weight is 732 g/mol. The number of esters is 1. The van der Waals surface area contributed by atoms with Crippen molar-refractivity contribution in [3.8, 4) is 0 Å². The minimum atomic E-state index is -2.11. The van der Waals surface area contributed by atoms with Crippen LogP contribution in [0.3, 0.4) is 0 Å². The number of ether oxygens (including phenoxy) is 6. The number of cyclic esters (lactones) is 1. The lowest BCUT2D eigenvalue weighted by Gasteiger charge is -2.48. The lowest BCUT2D eigenvalue weighted by Crippen LogP contribution is -2.60. The van der Waals surface area contributed by atoms with E-state index in [1.165, 1.54) is 20.8 Å². The van der Waals surface area contributed by atoms with Gasteiger partial charge in [-0.2, -0.15) is 0 Å². The third kappa shape index (κ3) is 8.46. The van der Waals surface area contributed by atoms with Crippen LogP contribution in [0.25, 0.3) is 0 Å². The summed E-state index contributed by atoms with van der Waals surface area (Å²) in [6, 6.07) is -0.261. The fourth-order valence-corrected chi connectivity index (χ4v) is 8.75. The van der Waals surface area contributed by atoms with E-state index in [-0.39, 0.29) is 18.6 Å². The van der Waals surface area contributed by atoms with E-state index in [4.69, 9.17) is 28.4 Å². The highest BCUT2D eigenvalue weighted by Gasteiger charge is 2.56. The molecule has 51 heavy (non-hydrogen) atoms. The van der Waals surface area contributed by atoms with Gasteiger partial charge >= 0.3 is 5.97 Å². The Morgan fingerprint density at radius 3 is 2.18 bits per heavy atom. The van der Waals surface area contributed by atoms with Crippen molar-refractivity contribution in [2.45, 2.75) is 186 Å². The second-order valence-electron chi connectivity index (χ2n) is 16.6. The van der Waals surface area contributed by atoms with Crippen LogP contribution in [0, 0.1) is 17.8 Å². The van der Waals surface area contributed by atoms with Crippen LogP contribution in [0.4, 0.5) is 0 Å². The van der Waals surface area contributed by atoms with Gasteiger partial charge in [-0.05, 0) is 81.0 Å². The molecule has 4 heterocycles. The molecule has 6 N–H and O–H groups in total. The molecule has 3 fully saturated rings. The first kappa shape index (κ1) is 42.3. The van der Waals surface area contributed by atoms with Crippen LogP contribution in [-0.4, -0.2) is 145 Å². The molecule has 0 aromatic rings. The van der Waals surface area contributed by atoms with Crippen molar-refractivity contribution in [2.75, 3.05) is 13.6 Å². The molecule has 0 saturated carbocycles. The molecule has 296 valence electrons. The van der Waals surface area contributed by atoms with Crippen LogP contribution in [0.5, 0.6) is 0 Å². The number of nitrogens with zero attached hydrogens (tertiary/aromatic N) is 1. The van der Waals surface area contributed by atoms with E-state index in [1.54, 1.807) is 20.8 Å². The van der Waals surface area contributed by atoms with Gasteiger partial charge in [-0.25, -0.2) is 0 Å². The van der Waals surface area contributed by atoms with E-state index >= 15 is 0 Å². The zero-order valence-electron chi connectivity index (χ0n) is 32.5. The first-order chi connectivity index (χ1) is 23.5. The van der Waals surface area contributed by atoms with Gasteiger partial charge < -0.3 is 64.0 Å². The molecule has 3 saturated heterocycles. The number of carbonyl (C=O) groups is 1. The second-order valence-corrected chi connectivity index (χ2v) is 16.6. The first-order valence-corrected chi connectivity index (χ1v) is 18.5. The molecule has 0 aromatic heterocycles. The summed E-state index contributed by atoms with van der Waals surface area (Å²) in [4.78, 5) is 16.1. The molecular weight excluding hydrogens is 666 g/mol.